The van der Waals surface area contributed by atoms with Crippen LogP contribution in [-0.2, 0) is 0 Å². The maximum Gasteiger partial charge on any atom is 0.00454 e. The van der Waals surface area contributed by atoms with Gasteiger partial charge in [0.2, 0.25) is 0 Å². The molecule has 0 aromatic carbocycles. The summed E-state index contributed by atoms with van der Waals surface area (Å²) in [7, 11) is 1.82. The molecule has 0 aromatic rings. The van der Waals surface area contributed by atoms with Gasteiger partial charge in [-0.2, -0.15) is 0 Å². The molecule has 0 saturated carbocycles. The van der Waals surface area contributed by atoms with Crippen LogP contribution < -0.4 is 5.73 Å². The highest BCUT2D eigenvalue weighted by Gasteiger charge is 1.77. The van der Waals surface area contributed by atoms with E-state index in [9.17, 15) is 0 Å². The summed E-state index contributed by atoms with van der Waals surface area (Å²) < 4.78 is 0. The Hall–Kier alpha value is 1.04. The molecule has 0 aliphatic rings. The van der Waals surface area contributed by atoms with E-state index in [0.717, 1.165) is 13.0 Å². The normalized spacial score (nSPS) is 9.00. The first kappa shape index (κ1) is 7.04. The average Bonchev–Trinajstić information content (AvgIpc) is 1.61. The molecule has 2 N–H and O–H groups in total. The first-order chi connectivity index (χ1) is 2.91. The molecule has 1 nitrogen and oxygen atoms in total. The Morgan fingerprint density at radius 2 is 2.33 bits per heavy atom. The fraction of sp³-hybridized carbons (Fsp3) is 1.00. The highest BCUT2D eigenvalue weighted by atomic mass is 127. The maximum atomic E-state index is 5.20. The lowest BCUT2D eigenvalue weighted by Gasteiger charge is -1.85. The first-order valence-corrected chi connectivity index (χ1v) is 5.38. The van der Waals surface area contributed by atoms with Gasteiger partial charge in [0.25, 0.3) is 0 Å². The van der Waals surface area contributed by atoms with Crippen molar-refractivity contribution < 1.29 is 0 Å². The second kappa shape index (κ2) is 6.04. The summed E-state index contributed by atoms with van der Waals surface area (Å²) in [5.74, 6) is 1.19. The lowest BCUT2D eigenvalue weighted by Crippen LogP contribution is -1.98. The van der Waals surface area contributed by atoms with Crippen molar-refractivity contribution in [2.75, 3.05) is 12.3 Å². The van der Waals surface area contributed by atoms with E-state index in [1.165, 1.54) is 5.75 Å². The van der Waals surface area contributed by atoms with Crippen LogP contribution in [0.25, 0.3) is 0 Å². The van der Waals surface area contributed by atoms with E-state index in [1.54, 1.807) is 0 Å². The minimum atomic E-state index is 0.829. The summed E-state index contributed by atoms with van der Waals surface area (Å²) in [4.78, 5) is 0. The van der Waals surface area contributed by atoms with Crippen molar-refractivity contribution in [1.29, 1.82) is 0 Å². The number of hydrogen-bond acceptors (Lipinski definition) is 2. The summed E-state index contributed by atoms with van der Waals surface area (Å²) >= 11 is 2.27. The monoisotopic (exact) mass is 217 g/mol. The van der Waals surface area contributed by atoms with Gasteiger partial charge in [-0.25, -0.2) is 0 Å². The molecule has 0 aromatic heterocycles. The summed E-state index contributed by atoms with van der Waals surface area (Å²) in [6.07, 6.45) is 1.15. The first-order valence-electron chi connectivity index (χ1n) is 1.85. The zero-order valence-electron chi connectivity index (χ0n) is 3.48. The van der Waals surface area contributed by atoms with Gasteiger partial charge in [0, 0.05) is 5.75 Å². The Morgan fingerprint density at radius 3 is 2.50 bits per heavy atom. The zero-order valence-corrected chi connectivity index (χ0v) is 6.46. The standard InChI is InChI=1S/C3H8INS/c4-6-3-1-2-5/h1-3,5H2. The highest BCUT2D eigenvalue weighted by molar-refractivity contribution is 14.2. The molecule has 0 spiro atoms. The summed E-state index contributed by atoms with van der Waals surface area (Å²) in [5.41, 5.74) is 5.20. The third-order valence-corrected chi connectivity index (χ3v) is 2.19. The highest BCUT2D eigenvalue weighted by Crippen LogP contribution is 2.10. The Bertz CT molecular complexity index is 22.8. The summed E-state index contributed by atoms with van der Waals surface area (Å²) in [6.45, 7) is 0.829. The van der Waals surface area contributed by atoms with E-state index < -0.39 is 0 Å². The van der Waals surface area contributed by atoms with E-state index in [4.69, 9.17) is 5.73 Å². The minimum Gasteiger partial charge on any atom is -0.330 e. The predicted octanol–water partition coefficient (Wildman–Crippen LogP) is 1.42. The molecule has 0 saturated heterocycles. The van der Waals surface area contributed by atoms with Crippen LogP contribution in [0.5, 0.6) is 0 Å². The largest absolute Gasteiger partial charge is 0.330 e. The molecule has 38 valence electrons. The van der Waals surface area contributed by atoms with Crippen LogP contribution in [0.1, 0.15) is 6.42 Å². The Kier molecular flexibility index (Phi) is 7.09. The van der Waals surface area contributed by atoms with Crippen LogP contribution in [0.15, 0.2) is 0 Å². The molecule has 0 aliphatic carbocycles. The second-order valence-corrected chi connectivity index (χ2v) is 3.45. The van der Waals surface area contributed by atoms with Gasteiger partial charge in [0.05, 0.1) is 0 Å². The summed E-state index contributed by atoms with van der Waals surface area (Å²) in [6, 6.07) is 0. The average molecular weight is 217 g/mol. The van der Waals surface area contributed by atoms with Gasteiger partial charge in [0.1, 0.15) is 0 Å². The molecule has 0 heterocycles. The van der Waals surface area contributed by atoms with E-state index in [0.29, 0.717) is 0 Å². The van der Waals surface area contributed by atoms with Crippen molar-refractivity contribution in [3.05, 3.63) is 0 Å². The third-order valence-electron chi connectivity index (χ3n) is 0.426. The van der Waals surface area contributed by atoms with Crippen molar-refractivity contribution in [2.24, 2.45) is 5.73 Å². The molecular formula is C3H8INS. The quantitative estimate of drug-likeness (QED) is 0.571. The minimum absolute atomic E-state index is 0.829. The van der Waals surface area contributed by atoms with Gasteiger partial charge < -0.3 is 5.73 Å². The Morgan fingerprint density at radius 1 is 1.67 bits per heavy atom. The smallest absolute Gasteiger partial charge is 0.00454 e. The molecule has 0 aliphatic heterocycles. The van der Waals surface area contributed by atoms with Gasteiger partial charge >= 0.3 is 0 Å². The maximum absolute atomic E-state index is 5.20. The molecule has 3 heteroatoms. The van der Waals surface area contributed by atoms with E-state index in [1.807, 2.05) is 8.93 Å². The fourth-order valence-corrected chi connectivity index (χ4v) is 1.35. The van der Waals surface area contributed by atoms with Crippen molar-refractivity contribution in [3.8, 4) is 0 Å². The fourth-order valence-electron chi connectivity index (χ4n) is 0.138. The number of halogens is 1. The predicted molar refractivity (Wildman–Crippen MR) is 40.1 cm³/mol. The molecule has 0 amide bonds. The zero-order chi connectivity index (χ0) is 4.83. The molecule has 0 fully saturated rings. The van der Waals surface area contributed by atoms with Gasteiger partial charge in [0.15, 0.2) is 0 Å². The second-order valence-electron chi connectivity index (χ2n) is 0.955. The number of rotatable bonds is 3. The van der Waals surface area contributed by atoms with Crippen LogP contribution in [0.2, 0.25) is 0 Å². The molecule has 0 atom stereocenters. The molecule has 0 bridgehead atoms. The van der Waals surface area contributed by atoms with Gasteiger partial charge in [-0.15, -0.1) is 0 Å². The van der Waals surface area contributed by atoms with E-state index in [-0.39, 0.29) is 0 Å². The van der Waals surface area contributed by atoms with Crippen LogP contribution in [-0.4, -0.2) is 12.3 Å². The molecule has 0 rings (SSSR count). The van der Waals surface area contributed by atoms with Crippen LogP contribution in [0.3, 0.4) is 0 Å². The molecular weight excluding hydrogens is 209 g/mol. The van der Waals surface area contributed by atoms with Gasteiger partial charge in [-0.1, -0.05) is 8.93 Å². The van der Waals surface area contributed by atoms with Crippen LogP contribution in [0.4, 0.5) is 0 Å². The van der Waals surface area contributed by atoms with Crippen LogP contribution >= 0.6 is 30.1 Å². The topological polar surface area (TPSA) is 26.0 Å². The van der Waals surface area contributed by atoms with Crippen molar-refractivity contribution >= 4 is 30.1 Å². The Labute approximate surface area is 54.6 Å². The van der Waals surface area contributed by atoms with Gasteiger partial charge in [-0.05, 0) is 34.2 Å². The molecule has 0 radical (unpaired) electrons. The lowest BCUT2D eigenvalue weighted by atomic mass is 10.5. The van der Waals surface area contributed by atoms with Gasteiger partial charge in [-0.3, -0.25) is 0 Å². The summed E-state index contributed by atoms with van der Waals surface area (Å²) in [5, 5.41) is 0. The Balaban J connectivity index is 2.34. The van der Waals surface area contributed by atoms with Crippen molar-refractivity contribution in [1.82, 2.24) is 0 Å². The van der Waals surface area contributed by atoms with E-state index in [2.05, 4.69) is 21.2 Å². The molecule has 6 heavy (non-hydrogen) atoms. The van der Waals surface area contributed by atoms with Crippen molar-refractivity contribution in [3.63, 3.8) is 0 Å². The number of nitrogens with two attached hydrogens (primary N) is 1. The van der Waals surface area contributed by atoms with Crippen LogP contribution in [0, 0.1) is 0 Å². The lowest BCUT2D eigenvalue weighted by molar-refractivity contribution is 0.946. The number of hydrogen-bond donors (Lipinski definition) is 1. The third kappa shape index (κ3) is 5.04. The SMILES string of the molecule is NCCCSI. The van der Waals surface area contributed by atoms with E-state index >= 15 is 0 Å². The van der Waals surface area contributed by atoms with Crippen molar-refractivity contribution in [2.45, 2.75) is 6.42 Å². The molecule has 0 unspecified atom stereocenters.